The van der Waals surface area contributed by atoms with E-state index in [4.69, 9.17) is 0 Å². The van der Waals surface area contributed by atoms with Crippen molar-refractivity contribution in [2.24, 2.45) is 11.8 Å². The predicted octanol–water partition coefficient (Wildman–Crippen LogP) is 7.84. The number of aryl methyl sites for hydroxylation is 1. The zero-order valence-corrected chi connectivity index (χ0v) is 16.9. The Balaban J connectivity index is 1.70. The van der Waals surface area contributed by atoms with Gasteiger partial charge in [0.1, 0.15) is 5.82 Å². The summed E-state index contributed by atoms with van der Waals surface area (Å²) in [5, 5.41) is 0. The van der Waals surface area contributed by atoms with Crippen LogP contribution in [0.1, 0.15) is 88.7 Å². The van der Waals surface area contributed by atoms with Crippen LogP contribution in [0.4, 0.5) is 17.6 Å². The van der Waals surface area contributed by atoms with Gasteiger partial charge in [-0.15, -0.1) is 0 Å². The highest BCUT2D eigenvalue weighted by atomic mass is 19.4. The van der Waals surface area contributed by atoms with Gasteiger partial charge in [0.05, 0.1) is 5.56 Å². The molecule has 0 saturated heterocycles. The normalized spacial score (nSPS) is 19.9. The van der Waals surface area contributed by atoms with Gasteiger partial charge in [-0.3, -0.25) is 0 Å². The molecule has 1 aliphatic rings. The van der Waals surface area contributed by atoms with Gasteiger partial charge in [-0.05, 0) is 42.4 Å². The fraction of sp³-hybridized carbons (Fsp3) is 0.667. The average Bonchev–Trinajstić information content (AvgIpc) is 2.65. The van der Waals surface area contributed by atoms with Crippen LogP contribution in [0.5, 0.6) is 0 Å². The number of rotatable bonds is 9. The zero-order chi connectivity index (χ0) is 20.4. The van der Waals surface area contributed by atoms with E-state index in [1.54, 1.807) is 6.07 Å². The summed E-state index contributed by atoms with van der Waals surface area (Å²) in [7, 11) is 0. The Morgan fingerprint density at radius 3 is 2.18 bits per heavy atom. The van der Waals surface area contributed by atoms with E-state index in [0.717, 1.165) is 30.2 Å². The van der Waals surface area contributed by atoms with Crippen LogP contribution in [-0.2, 0) is 6.42 Å². The molecule has 0 aromatic heterocycles. The maximum atomic E-state index is 14.0. The molecular formula is C24H32F4. The van der Waals surface area contributed by atoms with Crippen molar-refractivity contribution in [2.75, 3.05) is 0 Å². The van der Waals surface area contributed by atoms with Crippen LogP contribution in [0.25, 0.3) is 0 Å². The molecule has 0 radical (unpaired) electrons. The van der Waals surface area contributed by atoms with Crippen LogP contribution in [0.3, 0.4) is 0 Å². The second-order valence-corrected chi connectivity index (χ2v) is 8.19. The van der Waals surface area contributed by atoms with E-state index < -0.39 is 12.0 Å². The Kier molecular flexibility index (Phi) is 9.35. The van der Waals surface area contributed by atoms with Crippen LogP contribution in [0.15, 0.2) is 18.2 Å². The van der Waals surface area contributed by atoms with E-state index in [2.05, 4.69) is 6.92 Å². The summed E-state index contributed by atoms with van der Waals surface area (Å²) in [5.41, 5.74) is 0.647. The number of alkyl halides is 3. The van der Waals surface area contributed by atoms with Crippen molar-refractivity contribution in [3.05, 3.63) is 35.1 Å². The minimum atomic E-state index is -4.60. The molecule has 0 N–H and O–H groups in total. The van der Waals surface area contributed by atoms with E-state index >= 15 is 0 Å². The fourth-order valence-electron chi connectivity index (χ4n) is 4.17. The molecule has 1 aromatic rings. The van der Waals surface area contributed by atoms with Crippen LogP contribution in [-0.4, -0.2) is 6.18 Å². The molecule has 0 atom stereocenters. The lowest BCUT2D eigenvalue weighted by Crippen LogP contribution is -2.15. The van der Waals surface area contributed by atoms with Gasteiger partial charge in [0, 0.05) is 5.92 Å². The van der Waals surface area contributed by atoms with Crippen LogP contribution < -0.4 is 0 Å². The summed E-state index contributed by atoms with van der Waals surface area (Å²) in [5.74, 6) is 3.88. The van der Waals surface area contributed by atoms with Gasteiger partial charge in [0.2, 0.25) is 0 Å². The first-order valence-corrected chi connectivity index (χ1v) is 10.8. The van der Waals surface area contributed by atoms with Crippen LogP contribution in [0.2, 0.25) is 0 Å². The molecular weight excluding hydrogens is 364 g/mol. The first-order chi connectivity index (χ1) is 13.4. The Morgan fingerprint density at radius 1 is 0.929 bits per heavy atom. The molecule has 0 bridgehead atoms. The number of benzene rings is 1. The smallest absolute Gasteiger partial charge is 0.206 e. The van der Waals surface area contributed by atoms with E-state index in [-0.39, 0.29) is 5.56 Å². The monoisotopic (exact) mass is 396 g/mol. The summed E-state index contributed by atoms with van der Waals surface area (Å²) in [4.78, 5) is 0. The summed E-state index contributed by atoms with van der Waals surface area (Å²) in [6.45, 7) is 2.24. The lowest BCUT2D eigenvalue weighted by molar-refractivity contribution is -0.0696. The summed E-state index contributed by atoms with van der Waals surface area (Å²) < 4.78 is 50.4. The number of hydrogen-bond donors (Lipinski definition) is 0. The quantitative estimate of drug-likeness (QED) is 0.227. The van der Waals surface area contributed by atoms with Gasteiger partial charge in [0.25, 0.3) is 0 Å². The van der Waals surface area contributed by atoms with E-state index in [9.17, 15) is 17.6 Å². The van der Waals surface area contributed by atoms with Gasteiger partial charge in [-0.25, -0.2) is 4.39 Å². The molecule has 1 aliphatic carbocycles. The molecule has 0 aliphatic heterocycles. The Hall–Kier alpha value is -1.50. The van der Waals surface area contributed by atoms with E-state index in [1.807, 2.05) is 5.92 Å². The van der Waals surface area contributed by atoms with Crippen molar-refractivity contribution in [3.8, 4) is 11.8 Å². The van der Waals surface area contributed by atoms with Crippen molar-refractivity contribution in [2.45, 2.75) is 90.1 Å². The molecule has 0 amide bonds. The molecule has 4 heteroatoms. The molecule has 28 heavy (non-hydrogen) atoms. The van der Waals surface area contributed by atoms with E-state index in [1.165, 1.54) is 76.3 Å². The first kappa shape index (κ1) is 22.8. The maximum absolute atomic E-state index is 14.0. The Morgan fingerprint density at radius 2 is 1.57 bits per heavy atom. The Labute approximate surface area is 167 Å². The SMILES string of the molecule is CCCCCCCC1CCC(CCc2ccc(C#CC(F)(F)F)c(F)c2)CC1. The maximum Gasteiger partial charge on any atom is 0.458 e. The summed E-state index contributed by atoms with van der Waals surface area (Å²) in [6.07, 6.45) is 10.4. The highest BCUT2D eigenvalue weighted by Gasteiger charge is 2.23. The lowest BCUT2D eigenvalue weighted by atomic mass is 9.77. The highest BCUT2D eigenvalue weighted by Crippen LogP contribution is 2.34. The second-order valence-electron chi connectivity index (χ2n) is 8.19. The molecule has 0 unspecified atom stereocenters. The number of halogens is 4. The number of hydrogen-bond acceptors (Lipinski definition) is 0. The van der Waals surface area contributed by atoms with Crippen molar-refractivity contribution in [1.29, 1.82) is 0 Å². The van der Waals surface area contributed by atoms with E-state index in [0.29, 0.717) is 5.92 Å². The standard InChI is InChI=1S/C24H32F4/c1-2-3-4-5-6-7-19-8-10-20(11-9-19)12-13-21-14-15-22(23(25)18-21)16-17-24(26,27)28/h14-15,18-20H,2-13H2,1H3. The average molecular weight is 397 g/mol. The minimum absolute atomic E-state index is 0.194. The van der Waals surface area contributed by atoms with Crippen molar-refractivity contribution in [1.82, 2.24) is 0 Å². The Bertz CT molecular complexity index is 643. The highest BCUT2D eigenvalue weighted by molar-refractivity contribution is 5.38. The zero-order valence-electron chi connectivity index (χ0n) is 16.9. The first-order valence-electron chi connectivity index (χ1n) is 10.8. The molecule has 0 nitrogen and oxygen atoms in total. The lowest BCUT2D eigenvalue weighted by Gasteiger charge is -2.28. The predicted molar refractivity (Wildman–Crippen MR) is 106 cm³/mol. The molecule has 1 fully saturated rings. The summed E-state index contributed by atoms with van der Waals surface area (Å²) in [6, 6.07) is 4.40. The topological polar surface area (TPSA) is 0 Å². The van der Waals surface area contributed by atoms with Crippen molar-refractivity contribution in [3.63, 3.8) is 0 Å². The summed E-state index contributed by atoms with van der Waals surface area (Å²) >= 11 is 0. The molecule has 2 rings (SSSR count). The number of unbranched alkanes of at least 4 members (excludes halogenated alkanes) is 4. The molecule has 1 saturated carbocycles. The molecule has 156 valence electrons. The minimum Gasteiger partial charge on any atom is -0.206 e. The molecule has 0 spiro atoms. The van der Waals surface area contributed by atoms with Gasteiger partial charge < -0.3 is 0 Å². The largest absolute Gasteiger partial charge is 0.458 e. The third kappa shape index (κ3) is 8.67. The fourth-order valence-corrected chi connectivity index (χ4v) is 4.17. The molecule has 0 heterocycles. The van der Waals surface area contributed by atoms with Crippen LogP contribution in [0, 0.1) is 29.5 Å². The third-order valence-corrected chi connectivity index (χ3v) is 5.90. The third-order valence-electron chi connectivity index (χ3n) is 5.90. The van der Waals surface area contributed by atoms with Gasteiger partial charge in [0.15, 0.2) is 0 Å². The second kappa shape index (κ2) is 11.5. The van der Waals surface area contributed by atoms with Gasteiger partial charge >= 0.3 is 6.18 Å². The molecule has 1 aromatic carbocycles. The van der Waals surface area contributed by atoms with Crippen molar-refractivity contribution >= 4 is 0 Å². The van der Waals surface area contributed by atoms with Crippen LogP contribution >= 0.6 is 0 Å². The van der Waals surface area contributed by atoms with Crippen molar-refractivity contribution < 1.29 is 17.6 Å². The van der Waals surface area contributed by atoms with Gasteiger partial charge in [-0.2, -0.15) is 13.2 Å². The van der Waals surface area contributed by atoms with Gasteiger partial charge in [-0.1, -0.05) is 83.1 Å².